The average molecular weight is 272 g/mol. The molecule has 6 nitrogen and oxygen atoms in total. The Labute approximate surface area is 110 Å². The molecule has 3 amide bonds. The van der Waals surface area contributed by atoms with Crippen LogP contribution in [-0.4, -0.2) is 29.4 Å². The van der Waals surface area contributed by atoms with E-state index in [-0.39, 0.29) is 12.3 Å². The van der Waals surface area contributed by atoms with E-state index in [1.54, 1.807) is 12.1 Å². The van der Waals surface area contributed by atoms with Crippen molar-refractivity contribution >= 4 is 29.2 Å². The Hall–Kier alpha value is -1.82. The van der Waals surface area contributed by atoms with Gasteiger partial charge >= 0.3 is 6.03 Å². The summed E-state index contributed by atoms with van der Waals surface area (Å²) in [4.78, 5) is 26.4. The van der Waals surface area contributed by atoms with E-state index in [2.05, 4.69) is 15.6 Å². The Balaban J connectivity index is 2.46. The Bertz CT molecular complexity index is 408. The predicted molar refractivity (Wildman–Crippen MR) is 67.9 cm³/mol. The van der Waals surface area contributed by atoms with Crippen LogP contribution in [0.15, 0.2) is 18.3 Å². The van der Waals surface area contributed by atoms with Crippen molar-refractivity contribution in [1.29, 1.82) is 0 Å². The highest BCUT2D eigenvalue weighted by Gasteiger charge is 2.07. The summed E-state index contributed by atoms with van der Waals surface area (Å²) in [5, 5.41) is 4.61. The van der Waals surface area contributed by atoms with Crippen molar-refractivity contribution in [3.8, 4) is 5.88 Å². The topological polar surface area (TPSA) is 80.3 Å². The Morgan fingerprint density at radius 1 is 1.44 bits per heavy atom. The van der Waals surface area contributed by atoms with Gasteiger partial charge in [-0.05, 0) is 13.0 Å². The average Bonchev–Trinajstić information content (AvgIpc) is 2.32. The SMILES string of the molecule is CCOc1ccc(NC(=O)NC(=O)CCCl)cn1. The molecule has 98 valence electrons. The van der Waals surface area contributed by atoms with Gasteiger partial charge in [-0.25, -0.2) is 9.78 Å². The molecule has 0 aromatic carbocycles. The van der Waals surface area contributed by atoms with Crippen LogP contribution in [0, 0.1) is 0 Å². The summed E-state index contributed by atoms with van der Waals surface area (Å²) in [5.74, 6) is 0.215. The highest BCUT2D eigenvalue weighted by Crippen LogP contribution is 2.11. The van der Waals surface area contributed by atoms with E-state index in [1.807, 2.05) is 6.92 Å². The second-order valence-corrected chi connectivity index (χ2v) is 3.64. The quantitative estimate of drug-likeness (QED) is 0.800. The fraction of sp³-hybridized carbons (Fsp3) is 0.364. The number of anilines is 1. The van der Waals surface area contributed by atoms with Gasteiger partial charge in [0.05, 0.1) is 18.5 Å². The molecule has 0 aliphatic carbocycles. The summed E-state index contributed by atoms with van der Waals surface area (Å²) in [6.45, 7) is 2.37. The smallest absolute Gasteiger partial charge is 0.325 e. The van der Waals surface area contributed by atoms with Crippen LogP contribution in [0.2, 0.25) is 0 Å². The van der Waals surface area contributed by atoms with Crippen molar-refractivity contribution in [1.82, 2.24) is 10.3 Å². The third kappa shape index (κ3) is 5.01. The molecule has 1 aromatic rings. The lowest BCUT2D eigenvalue weighted by Gasteiger charge is -2.06. The van der Waals surface area contributed by atoms with Crippen LogP contribution in [0.5, 0.6) is 5.88 Å². The maximum atomic E-state index is 11.4. The number of nitrogens with zero attached hydrogens (tertiary/aromatic N) is 1. The van der Waals surface area contributed by atoms with E-state index in [9.17, 15) is 9.59 Å². The first-order chi connectivity index (χ1) is 8.65. The number of hydrogen-bond acceptors (Lipinski definition) is 4. The third-order valence-electron chi connectivity index (χ3n) is 1.86. The highest BCUT2D eigenvalue weighted by molar-refractivity contribution is 6.19. The van der Waals surface area contributed by atoms with Crippen LogP contribution in [0.3, 0.4) is 0 Å². The second kappa shape index (κ2) is 7.50. The Kier molecular flexibility index (Phi) is 5.93. The largest absolute Gasteiger partial charge is 0.478 e. The minimum atomic E-state index is -0.615. The fourth-order valence-corrected chi connectivity index (χ4v) is 1.30. The molecule has 18 heavy (non-hydrogen) atoms. The van der Waals surface area contributed by atoms with Gasteiger partial charge in [-0.2, -0.15) is 0 Å². The van der Waals surface area contributed by atoms with Crippen molar-refractivity contribution in [2.45, 2.75) is 13.3 Å². The number of aromatic nitrogens is 1. The zero-order valence-corrected chi connectivity index (χ0v) is 10.7. The fourth-order valence-electron chi connectivity index (χ4n) is 1.12. The summed E-state index contributed by atoms with van der Waals surface area (Å²) >= 11 is 5.37. The van der Waals surface area contributed by atoms with Crippen LogP contribution in [-0.2, 0) is 4.79 Å². The Morgan fingerprint density at radius 2 is 2.22 bits per heavy atom. The summed E-state index contributed by atoms with van der Waals surface area (Å²) in [7, 11) is 0. The molecule has 0 aliphatic heterocycles. The van der Waals surface area contributed by atoms with Gasteiger partial charge in [-0.3, -0.25) is 10.1 Å². The number of pyridine rings is 1. The number of imide groups is 1. The van der Waals surface area contributed by atoms with Crippen molar-refractivity contribution < 1.29 is 14.3 Å². The van der Waals surface area contributed by atoms with Crippen molar-refractivity contribution in [3.63, 3.8) is 0 Å². The zero-order chi connectivity index (χ0) is 13.4. The van der Waals surface area contributed by atoms with E-state index < -0.39 is 11.9 Å². The van der Waals surface area contributed by atoms with Gasteiger partial charge in [0.25, 0.3) is 0 Å². The number of hydrogen-bond donors (Lipinski definition) is 2. The normalized spacial score (nSPS) is 9.67. The highest BCUT2D eigenvalue weighted by atomic mass is 35.5. The number of rotatable bonds is 5. The van der Waals surface area contributed by atoms with E-state index >= 15 is 0 Å². The van der Waals surface area contributed by atoms with Crippen molar-refractivity contribution in [3.05, 3.63) is 18.3 Å². The summed E-state index contributed by atoms with van der Waals surface area (Å²) in [6, 6.07) is 2.64. The van der Waals surface area contributed by atoms with Gasteiger partial charge in [0.2, 0.25) is 11.8 Å². The van der Waals surface area contributed by atoms with Crippen molar-refractivity contribution in [2.24, 2.45) is 0 Å². The number of amides is 3. The number of urea groups is 1. The number of nitrogens with one attached hydrogen (secondary N) is 2. The number of halogens is 1. The molecule has 1 rings (SSSR count). The molecule has 1 aromatic heterocycles. The first-order valence-electron chi connectivity index (χ1n) is 5.41. The first kappa shape index (κ1) is 14.2. The molecule has 0 fully saturated rings. The molecule has 7 heteroatoms. The molecule has 1 heterocycles. The molecule has 0 radical (unpaired) electrons. The molecular weight excluding hydrogens is 258 g/mol. The maximum Gasteiger partial charge on any atom is 0.325 e. The number of carbonyl (C=O) groups is 2. The minimum absolute atomic E-state index is 0.0938. The first-order valence-corrected chi connectivity index (χ1v) is 5.94. The van der Waals surface area contributed by atoms with Gasteiger partial charge < -0.3 is 10.1 Å². The van der Waals surface area contributed by atoms with E-state index in [1.165, 1.54) is 6.20 Å². The molecular formula is C11H14ClN3O3. The van der Waals surface area contributed by atoms with Crippen LogP contribution < -0.4 is 15.4 Å². The van der Waals surface area contributed by atoms with Gasteiger partial charge in [0, 0.05) is 18.4 Å². The van der Waals surface area contributed by atoms with Gasteiger partial charge in [-0.15, -0.1) is 11.6 Å². The number of carbonyl (C=O) groups excluding carboxylic acids is 2. The molecule has 0 aliphatic rings. The predicted octanol–water partition coefficient (Wildman–Crippen LogP) is 1.76. The summed E-state index contributed by atoms with van der Waals surface area (Å²) < 4.78 is 5.15. The third-order valence-corrected chi connectivity index (χ3v) is 2.05. The van der Waals surface area contributed by atoms with E-state index in [4.69, 9.17) is 16.3 Å². The molecule has 0 atom stereocenters. The summed E-state index contributed by atoms with van der Waals surface area (Å²) in [5.41, 5.74) is 0.467. The molecule has 0 saturated carbocycles. The molecule has 2 N–H and O–H groups in total. The lowest BCUT2D eigenvalue weighted by Crippen LogP contribution is -2.34. The van der Waals surface area contributed by atoms with Crippen molar-refractivity contribution in [2.75, 3.05) is 17.8 Å². The van der Waals surface area contributed by atoms with Gasteiger partial charge in [0.15, 0.2) is 0 Å². The lowest BCUT2D eigenvalue weighted by atomic mass is 10.4. The standard InChI is InChI=1S/C11H14ClN3O3/c1-2-18-10-4-3-8(7-13-10)14-11(17)15-9(16)5-6-12/h3-4,7H,2,5-6H2,1H3,(H2,14,15,16,17). The number of alkyl halides is 1. The van der Waals surface area contributed by atoms with Crippen LogP contribution in [0.4, 0.5) is 10.5 Å². The Morgan fingerprint density at radius 3 is 2.78 bits per heavy atom. The molecule has 0 spiro atoms. The van der Waals surface area contributed by atoms with Gasteiger partial charge in [0.1, 0.15) is 0 Å². The lowest BCUT2D eigenvalue weighted by molar-refractivity contribution is -0.119. The summed E-state index contributed by atoms with van der Waals surface area (Å²) in [6.07, 6.45) is 1.53. The maximum absolute atomic E-state index is 11.4. The second-order valence-electron chi connectivity index (χ2n) is 3.26. The number of ether oxygens (including phenoxy) is 1. The zero-order valence-electron chi connectivity index (χ0n) is 9.90. The van der Waals surface area contributed by atoms with Gasteiger partial charge in [-0.1, -0.05) is 0 Å². The molecule has 0 saturated heterocycles. The minimum Gasteiger partial charge on any atom is -0.478 e. The van der Waals surface area contributed by atoms with E-state index in [0.717, 1.165) is 0 Å². The molecule has 0 unspecified atom stereocenters. The van der Waals surface area contributed by atoms with E-state index in [0.29, 0.717) is 18.2 Å². The monoisotopic (exact) mass is 271 g/mol. The molecule has 0 bridgehead atoms. The van der Waals surface area contributed by atoms with Crippen LogP contribution in [0.1, 0.15) is 13.3 Å². The van der Waals surface area contributed by atoms with Crippen LogP contribution >= 0.6 is 11.6 Å². The van der Waals surface area contributed by atoms with Crippen LogP contribution in [0.25, 0.3) is 0 Å².